The van der Waals surface area contributed by atoms with Gasteiger partial charge in [-0.2, -0.15) is 5.10 Å². The van der Waals surface area contributed by atoms with Crippen LogP contribution in [-0.4, -0.2) is 48.9 Å². The molecule has 9 heteroatoms. The normalized spacial score (nSPS) is 21.5. The Kier molecular flexibility index (Phi) is 4.05. The van der Waals surface area contributed by atoms with Gasteiger partial charge in [-0.15, -0.1) is 0 Å². The summed E-state index contributed by atoms with van der Waals surface area (Å²) in [7, 11) is 0. The highest BCUT2D eigenvalue weighted by Gasteiger charge is 2.39. The third-order valence-corrected chi connectivity index (χ3v) is 4.02. The van der Waals surface area contributed by atoms with E-state index in [-0.39, 0.29) is 24.3 Å². The summed E-state index contributed by atoms with van der Waals surface area (Å²) in [4.78, 5) is 28.6. The van der Waals surface area contributed by atoms with E-state index in [0.29, 0.717) is 5.02 Å². The standard InChI is InChI=1S/C15H19ClN4O4/c1-15(2,3)24-14(23)19-7-8(21)6-10(19)12-17-13(22)11-9(16)4-5-20(11)18-12/h4-5,8,10,21H,6-7H2,1-3H3,(H,17,18,22)/t8-,10+/m1/s1. The number of H-pyrrole nitrogens is 1. The van der Waals surface area contributed by atoms with Crippen LogP contribution in [0.5, 0.6) is 0 Å². The van der Waals surface area contributed by atoms with E-state index in [1.165, 1.54) is 9.42 Å². The second kappa shape index (κ2) is 5.78. The summed E-state index contributed by atoms with van der Waals surface area (Å²) in [5.41, 5.74) is -0.822. The van der Waals surface area contributed by atoms with E-state index < -0.39 is 29.4 Å². The van der Waals surface area contributed by atoms with Gasteiger partial charge in [-0.1, -0.05) is 11.6 Å². The molecule has 0 spiro atoms. The number of amides is 1. The lowest BCUT2D eigenvalue weighted by Crippen LogP contribution is -2.38. The molecule has 2 atom stereocenters. The molecule has 0 radical (unpaired) electrons. The number of β-amino-alcohol motifs (C(OH)–C–C–N with tert-alkyl or cyclic N) is 1. The predicted octanol–water partition coefficient (Wildman–Crippen LogP) is 1.72. The van der Waals surface area contributed by atoms with Crippen LogP contribution in [0.25, 0.3) is 5.52 Å². The van der Waals surface area contributed by atoms with Gasteiger partial charge in [0.2, 0.25) is 0 Å². The zero-order valence-corrected chi connectivity index (χ0v) is 14.4. The molecule has 3 heterocycles. The summed E-state index contributed by atoms with van der Waals surface area (Å²) in [5.74, 6) is 0.280. The topological polar surface area (TPSA) is 99.9 Å². The minimum absolute atomic E-state index is 0.119. The monoisotopic (exact) mass is 354 g/mol. The number of nitrogens with zero attached hydrogens (tertiary/aromatic N) is 3. The van der Waals surface area contributed by atoms with E-state index in [2.05, 4.69) is 10.1 Å². The van der Waals surface area contributed by atoms with Crippen LogP contribution in [-0.2, 0) is 4.74 Å². The summed E-state index contributed by atoms with van der Waals surface area (Å²) in [6, 6.07) is 0.992. The van der Waals surface area contributed by atoms with Crippen molar-refractivity contribution in [3.8, 4) is 0 Å². The predicted molar refractivity (Wildman–Crippen MR) is 87.1 cm³/mol. The van der Waals surface area contributed by atoms with Crippen molar-refractivity contribution in [3.63, 3.8) is 0 Å². The molecule has 0 bridgehead atoms. The molecule has 1 saturated heterocycles. The Bertz CT molecular complexity index is 838. The van der Waals surface area contributed by atoms with Gasteiger partial charge in [-0.3, -0.25) is 9.69 Å². The molecule has 0 aromatic carbocycles. The Balaban J connectivity index is 1.97. The van der Waals surface area contributed by atoms with Crippen LogP contribution < -0.4 is 5.56 Å². The van der Waals surface area contributed by atoms with Crippen molar-refractivity contribution in [3.05, 3.63) is 33.5 Å². The van der Waals surface area contributed by atoms with E-state index in [1.807, 2.05) is 0 Å². The molecule has 2 N–H and O–H groups in total. The van der Waals surface area contributed by atoms with Crippen LogP contribution in [0, 0.1) is 0 Å². The van der Waals surface area contributed by atoms with Crippen LogP contribution in [0.1, 0.15) is 39.1 Å². The average Bonchev–Trinajstić information content (AvgIpc) is 3.01. The number of ether oxygens (including phenoxy) is 1. The molecule has 0 aliphatic carbocycles. The maximum Gasteiger partial charge on any atom is 0.411 e. The molecule has 2 aromatic heterocycles. The molecule has 24 heavy (non-hydrogen) atoms. The Morgan fingerprint density at radius 3 is 2.88 bits per heavy atom. The molecule has 1 fully saturated rings. The van der Waals surface area contributed by atoms with Gasteiger partial charge in [0.1, 0.15) is 11.1 Å². The number of carbonyl (C=O) groups excluding carboxylic acids is 1. The SMILES string of the molecule is CC(C)(C)OC(=O)N1C[C@H](O)C[C@H]1c1nn2ccc(Cl)c2c(=O)[nH]1. The molecule has 130 valence electrons. The van der Waals surface area contributed by atoms with Crippen molar-refractivity contribution in [2.45, 2.75) is 44.9 Å². The van der Waals surface area contributed by atoms with Gasteiger partial charge in [-0.05, 0) is 26.8 Å². The molecule has 0 unspecified atom stereocenters. The molecular weight excluding hydrogens is 336 g/mol. The van der Waals surface area contributed by atoms with Crippen LogP contribution in [0.15, 0.2) is 17.1 Å². The van der Waals surface area contributed by atoms with Gasteiger partial charge in [-0.25, -0.2) is 9.31 Å². The number of rotatable bonds is 1. The van der Waals surface area contributed by atoms with Crippen LogP contribution in [0.3, 0.4) is 0 Å². The maximum absolute atomic E-state index is 12.4. The number of aliphatic hydroxyl groups excluding tert-OH is 1. The molecule has 1 aliphatic heterocycles. The van der Waals surface area contributed by atoms with Crippen LogP contribution >= 0.6 is 11.6 Å². The fraction of sp³-hybridized carbons (Fsp3) is 0.533. The third-order valence-electron chi connectivity index (χ3n) is 3.71. The fourth-order valence-electron chi connectivity index (χ4n) is 2.76. The highest BCUT2D eigenvalue weighted by molar-refractivity contribution is 6.33. The summed E-state index contributed by atoms with van der Waals surface area (Å²) in [5, 5.41) is 14.6. The minimum Gasteiger partial charge on any atom is -0.444 e. The van der Waals surface area contributed by atoms with E-state index in [9.17, 15) is 14.7 Å². The molecule has 1 aliphatic rings. The van der Waals surface area contributed by atoms with Crippen molar-refractivity contribution in [1.82, 2.24) is 19.5 Å². The van der Waals surface area contributed by atoms with Gasteiger partial charge in [0.15, 0.2) is 5.82 Å². The lowest BCUT2D eigenvalue weighted by Gasteiger charge is -2.27. The number of aromatic amines is 1. The zero-order valence-electron chi connectivity index (χ0n) is 13.6. The van der Waals surface area contributed by atoms with Gasteiger partial charge >= 0.3 is 6.09 Å². The van der Waals surface area contributed by atoms with Crippen molar-refractivity contribution < 1.29 is 14.6 Å². The Labute approximate surface area is 143 Å². The van der Waals surface area contributed by atoms with E-state index in [0.717, 1.165) is 0 Å². The van der Waals surface area contributed by atoms with E-state index >= 15 is 0 Å². The fourth-order valence-corrected chi connectivity index (χ4v) is 2.99. The first kappa shape index (κ1) is 16.8. The molecule has 8 nitrogen and oxygen atoms in total. The maximum atomic E-state index is 12.4. The Morgan fingerprint density at radius 2 is 2.21 bits per heavy atom. The summed E-state index contributed by atoms with van der Waals surface area (Å²) in [6.07, 6.45) is 0.566. The first-order chi connectivity index (χ1) is 11.2. The Hall–Kier alpha value is -2.06. The summed E-state index contributed by atoms with van der Waals surface area (Å²) < 4.78 is 6.74. The zero-order chi connectivity index (χ0) is 17.6. The van der Waals surface area contributed by atoms with Crippen LogP contribution in [0.4, 0.5) is 4.79 Å². The largest absolute Gasteiger partial charge is 0.444 e. The number of nitrogens with one attached hydrogen (secondary N) is 1. The number of likely N-dealkylation sites (tertiary alicyclic amines) is 1. The van der Waals surface area contributed by atoms with Crippen molar-refractivity contribution in [2.24, 2.45) is 0 Å². The highest BCUT2D eigenvalue weighted by atomic mass is 35.5. The number of carbonyl (C=O) groups is 1. The average molecular weight is 355 g/mol. The van der Waals surface area contributed by atoms with Crippen molar-refractivity contribution in [2.75, 3.05) is 6.54 Å². The number of aliphatic hydroxyl groups is 1. The summed E-state index contributed by atoms with van der Waals surface area (Å²) in [6.45, 7) is 5.41. The van der Waals surface area contributed by atoms with Gasteiger partial charge in [0.05, 0.1) is 23.7 Å². The van der Waals surface area contributed by atoms with Crippen molar-refractivity contribution >= 4 is 23.2 Å². The molecule has 1 amide bonds. The number of fused-ring (bicyclic) bond motifs is 1. The molecular formula is C15H19ClN4O4. The van der Waals surface area contributed by atoms with E-state index in [1.54, 1.807) is 33.0 Å². The number of hydrogen-bond acceptors (Lipinski definition) is 5. The van der Waals surface area contributed by atoms with Gasteiger partial charge in [0.25, 0.3) is 5.56 Å². The van der Waals surface area contributed by atoms with Gasteiger partial charge < -0.3 is 14.8 Å². The number of hydrogen-bond donors (Lipinski definition) is 2. The lowest BCUT2D eigenvalue weighted by molar-refractivity contribution is 0.0200. The molecule has 2 aromatic rings. The second-order valence-corrected chi connectivity index (χ2v) is 7.24. The quantitative estimate of drug-likeness (QED) is 0.812. The first-order valence-electron chi connectivity index (χ1n) is 7.60. The smallest absolute Gasteiger partial charge is 0.411 e. The van der Waals surface area contributed by atoms with Crippen molar-refractivity contribution in [1.29, 1.82) is 0 Å². The second-order valence-electron chi connectivity index (χ2n) is 6.83. The number of halogens is 1. The molecule has 3 rings (SSSR count). The summed E-state index contributed by atoms with van der Waals surface area (Å²) >= 11 is 5.96. The minimum atomic E-state index is -0.711. The van der Waals surface area contributed by atoms with Gasteiger partial charge in [0, 0.05) is 12.6 Å². The molecule has 0 saturated carbocycles. The lowest BCUT2D eigenvalue weighted by atomic mass is 10.2. The number of aromatic nitrogens is 3. The third kappa shape index (κ3) is 3.11. The van der Waals surface area contributed by atoms with Crippen LogP contribution in [0.2, 0.25) is 5.02 Å². The Morgan fingerprint density at radius 1 is 1.50 bits per heavy atom. The first-order valence-corrected chi connectivity index (χ1v) is 7.98. The highest BCUT2D eigenvalue weighted by Crippen LogP contribution is 2.31. The van der Waals surface area contributed by atoms with E-state index in [4.69, 9.17) is 16.3 Å².